The molecule has 1 amide bonds. The molecule has 0 heterocycles. The van der Waals surface area contributed by atoms with Gasteiger partial charge >= 0.3 is 5.97 Å². The molecule has 0 atom stereocenters. The third kappa shape index (κ3) is 13.5. The number of benzene rings is 1. The fraction of sp³-hybridized carbons (Fsp3) is 0.667. The molecule has 0 unspecified atom stereocenters. The second-order valence-corrected chi connectivity index (χ2v) is 8.12. The van der Waals surface area contributed by atoms with E-state index in [0.717, 1.165) is 19.5 Å². The number of esters is 1. The lowest BCUT2D eigenvalue weighted by Gasteiger charge is -2.09. The van der Waals surface area contributed by atoms with Crippen molar-refractivity contribution in [2.24, 2.45) is 17.6 Å². The Balaban J connectivity index is 0. The van der Waals surface area contributed by atoms with Crippen LogP contribution in [0.4, 0.5) is 22.0 Å². The van der Waals surface area contributed by atoms with Crippen LogP contribution in [0.15, 0.2) is 0 Å². The average Bonchev–Trinajstić information content (AvgIpc) is 2.81. The highest BCUT2D eigenvalue weighted by molar-refractivity contribution is 5.77. The van der Waals surface area contributed by atoms with Gasteiger partial charge in [0, 0.05) is 12.5 Å². The van der Waals surface area contributed by atoms with Gasteiger partial charge in [0.15, 0.2) is 0 Å². The van der Waals surface area contributed by atoms with Gasteiger partial charge in [-0.05, 0) is 19.4 Å². The molecule has 0 aliphatic heterocycles. The summed E-state index contributed by atoms with van der Waals surface area (Å²) in [7, 11) is 0. The second-order valence-electron chi connectivity index (χ2n) is 8.12. The third-order valence-corrected chi connectivity index (χ3v) is 4.26. The quantitative estimate of drug-likeness (QED) is 0.103. The molecule has 34 heavy (non-hydrogen) atoms. The van der Waals surface area contributed by atoms with Gasteiger partial charge in [0.05, 0.1) is 5.92 Å². The minimum atomic E-state index is -2.30. The molecule has 0 radical (unpaired) electrons. The first kappa shape index (κ1) is 33.9. The van der Waals surface area contributed by atoms with Crippen molar-refractivity contribution in [3.8, 4) is 5.75 Å². The molecule has 0 aliphatic carbocycles. The summed E-state index contributed by atoms with van der Waals surface area (Å²) in [6, 6.07) is 0. The molecular formula is C24H39F5N2O3. The van der Waals surface area contributed by atoms with E-state index in [2.05, 4.69) is 23.9 Å². The van der Waals surface area contributed by atoms with Crippen molar-refractivity contribution in [1.29, 1.82) is 0 Å². The summed E-state index contributed by atoms with van der Waals surface area (Å²) in [4.78, 5) is 22.0. The van der Waals surface area contributed by atoms with Gasteiger partial charge in [0.2, 0.25) is 40.7 Å². The fourth-order valence-corrected chi connectivity index (χ4v) is 2.08. The standard InChI is InChI=1S/C10H7F5O2.C9H19NO.C5H13N/c1-3(2)10(16)17-9-7(14)5(12)4(11)6(13)8(9)15;1-4-5-6-7-10-9(11)8(2)3;1-2-3-4-5-6/h3H,1-2H3;8H,4-7H2,1-3H3,(H,10,11);2-6H2,1H3. The van der Waals surface area contributed by atoms with E-state index in [4.69, 9.17) is 5.73 Å². The minimum Gasteiger partial charge on any atom is -0.420 e. The summed E-state index contributed by atoms with van der Waals surface area (Å²) in [5.74, 6) is -14.1. The number of rotatable bonds is 10. The van der Waals surface area contributed by atoms with Crippen molar-refractivity contribution >= 4 is 11.9 Å². The molecular weight excluding hydrogens is 459 g/mol. The minimum absolute atomic E-state index is 0.122. The van der Waals surface area contributed by atoms with Crippen LogP contribution in [0.1, 0.15) is 80.1 Å². The van der Waals surface area contributed by atoms with Crippen molar-refractivity contribution in [3.63, 3.8) is 0 Å². The lowest BCUT2D eigenvalue weighted by Crippen LogP contribution is -2.28. The van der Waals surface area contributed by atoms with Crippen LogP contribution in [-0.4, -0.2) is 25.0 Å². The van der Waals surface area contributed by atoms with Gasteiger partial charge < -0.3 is 15.8 Å². The van der Waals surface area contributed by atoms with E-state index in [-0.39, 0.29) is 11.8 Å². The van der Waals surface area contributed by atoms with Crippen LogP contribution in [0.3, 0.4) is 0 Å². The van der Waals surface area contributed by atoms with Crippen molar-refractivity contribution in [3.05, 3.63) is 29.1 Å². The summed E-state index contributed by atoms with van der Waals surface area (Å²) in [5, 5.41) is 2.88. The summed E-state index contributed by atoms with van der Waals surface area (Å²) in [6.07, 6.45) is 7.27. The van der Waals surface area contributed by atoms with E-state index in [1.807, 2.05) is 13.8 Å². The predicted molar refractivity (Wildman–Crippen MR) is 123 cm³/mol. The Morgan fingerprint density at radius 3 is 1.56 bits per heavy atom. The molecule has 5 nitrogen and oxygen atoms in total. The van der Waals surface area contributed by atoms with Gasteiger partial charge in [-0.25, -0.2) is 13.2 Å². The van der Waals surface area contributed by atoms with Crippen LogP contribution < -0.4 is 15.8 Å². The number of carbonyl (C=O) groups excluding carboxylic acids is 2. The molecule has 0 saturated carbocycles. The van der Waals surface area contributed by atoms with Crippen LogP contribution >= 0.6 is 0 Å². The Kier molecular flexibility index (Phi) is 19.1. The molecule has 0 aromatic heterocycles. The zero-order valence-electron chi connectivity index (χ0n) is 21.0. The lowest BCUT2D eigenvalue weighted by atomic mass is 10.2. The highest BCUT2D eigenvalue weighted by Crippen LogP contribution is 2.29. The number of nitrogens with one attached hydrogen (secondary N) is 1. The molecule has 1 aromatic rings. The van der Waals surface area contributed by atoms with Gasteiger partial charge in [-0.1, -0.05) is 67.2 Å². The number of halogens is 5. The number of hydrogen-bond acceptors (Lipinski definition) is 4. The van der Waals surface area contributed by atoms with Crippen molar-refractivity contribution in [2.45, 2.75) is 80.1 Å². The number of ether oxygens (including phenoxy) is 1. The third-order valence-electron chi connectivity index (χ3n) is 4.26. The van der Waals surface area contributed by atoms with E-state index < -0.39 is 46.7 Å². The first-order chi connectivity index (χ1) is 15.9. The van der Waals surface area contributed by atoms with Crippen LogP contribution in [0.5, 0.6) is 5.75 Å². The molecule has 0 fully saturated rings. The zero-order valence-corrected chi connectivity index (χ0v) is 21.0. The number of unbranched alkanes of at least 4 members (excludes halogenated alkanes) is 4. The Labute approximate surface area is 199 Å². The molecule has 198 valence electrons. The molecule has 0 spiro atoms. The molecule has 10 heteroatoms. The summed E-state index contributed by atoms with van der Waals surface area (Å²) < 4.78 is 68.2. The van der Waals surface area contributed by atoms with E-state index >= 15 is 0 Å². The van der Waals surface area contributed by atoms with Crippen molar-refractivity contribution in [1.82, 2.24) is 5.32 Å². The molecule has 0 bridgehead atoms. The largest absolute Gasteiger partial charge is 0.420 e. The van der Waals surface area contributed by atoms with E-state index in [0.29, 0.717) is 0 Å². The predicted octanol–water partition coefficient (Wildman–Crippen LogP) is 6.03. The van der Waals surface area contributed by atoms with Crippen LogP contribution in [0.2, 0.25) is 0 Å². The van der Waals surface area contributed by atoms with Gasteiger partial charge in [-0.3, -0.25) is 9.59 Å². The summed E-state index contributed by atoms with van der Waals surface area (Å²) in [6.45, 7) is 12.5. The summed E-state index contributed by atoms with van der Waals surface area (Å²) >= 11 is 0. The molecule has 0 aliphatic rings. The Morgan fingerprint density at radius 2 is 1.21 bits per heavy atom. The summed E-state index contributed by atoms with van der Waals surface area (Å²) in [5.41, 5.74) is 5.21. The van der Waals surface area contributed by atoms with E-state index in [9.17, 15) is 31.5 Å². The average molecular weight is 499 g/mol. The first-order valence-corrected chi connectivity index (χ1v) is 11.6. The SMILES string of the molecule is CC(C)C(=O)Oc1c(F)c(F)c(F)c(F)c1F.CCCCCN.CCCCCNC(=O)C(C)C. The van der Waals surface area contributed by atoms with Gasteiger partial charge in [-0.2, -0.15) is 8.78 Å². The van der Waals surface area contributed by atoms with Crippen molar-refractivity contribution < 1.29 is 36.3 Å². The van der Waals surface area contributed by atoms with Gasteiger partial charge in [0.25, 0.3) is 0 Å². The van der Waals surface area contributed by atoms with Crippen LogP contribution in [-0.2, 0) is 9.59 Å². The Bertz CT molecular complexity index is 711. The maximum Gasteiger partial charge on any atom is 0.313 e. The van der Waals surface area contributed by atoms with Crippen molar-refractivity contribution in [2.75, 3.05) is 13.1 Å². The van der Waals surface area contributed by atoms with Gasteiger partial charge in [-0.15, -0.1) is 0 Å². The number of nitrogens with two attached hydrogens (primary N) is 1. The fourth-order valence-electron chi connectivity index (χ4n) is 2.08. The molecule has 0 saturated heterocycles. The number of hydrogen-bond donors (Lipinski definition) is 2. The molecule has 1 aromatic carbocycles. The van der Waals surface area contributed by atoms with E-state index in [1.165, 1.54) is 46.0 Å². The highest BCUT2D eigenvalue weighted by Gasteiger charge is 2.28. The molecule has 1 rings (SSSR count). The Hall–Kier alpha value is -2.23. The normalized spacial score (nSPS) is 10.3. The van der Waals surface area contributed by atoms with Gasteiger partial charge in [0.1, 0.15) is 0 Å². The zero-order chi connectivity index (χ0) is 26.8. The lowest BCUT2D eigenvalue weighted by molar-refractivity contribution is -0.138. The van der Waals surface area contributed by atoms with Crippen LogP contribution in [0, 0.1) is 40.9 Å². The Morgan fingerprint density at radius 1 is 0.765 bits per heavy atom. The van der Waals surface area contributed by atoms with Crippen LogP contribution in [0.25, 0.3) is 0 Å². The smallest absolute Gasteiger partial charge is 0.313 e. The maximum absolute atomic E-state index is 13.0. The number of amides is 1. The highest BCUT2D eigenvalue weighted by atomic mass is 19.2. The van der Waals surface area contributed by atoms with E-state index in [1.54, 1.807) is 0 Å². The second kappa shape index (κ2) is 19.1. The topological polar surface area (TPSA) is 81.4 Å². The monoisotopic (exact) mass is 498 g/mol. The maximum atomic E-state index is 13.0. The number of carbonyl (C=O) groups is 2. The molecule has 3 N–H and O–H groups in total. The first-order valence-electron chi connectivity index (χ1n) is 11.6.